The predicted molar refractivity (Wildman–Crippen MR) is 121 cm³/mol. The van der Waals surface area contributed by atoms with Crippen molar-refractivity contribution in [2.75, 3.05) is 26.2 Å². The number of hydrogen-bond donors (Lipinski definition) is 0. The lowest BCUT2D eigenvalue weighted by Gasteiger charge is -2.39. The number of benzene rings is 3. The van der Waals surface area contributed by atoms with Crippen LogP contribution in [0, 0.1) is 11.3 Å². The summed E-state index contributed by atoms with van der Waals surface area (Å²) in [6.45, 7) is 2.02. The highest BCUT2D eigenvalue weighted by Gasteiger charge is 2.32. The zero-order valence-corrected chi connectivity index (χ0v) is 18.4. The Morgan fingerprint density at radius 2 is 1.39 bits per heavy atom. The Labute approximate surface area is 188 Å². The maximum atomic E-state index is 13.1. The Morgan fingerprint density at radius 3 is 1.97 bits per heavy atom. The largest absolute Gasteiger partial charge is 0.290 e. The van der Waals surface area contributed by atoms with Crippen LogP contribution in [0.15, 0.2) is 83.8 Å². The van der Waals surface area contributed by atoms with Gasteiger partial charge in [0.2, 0.25) is 10.0 Å². The van der Waals surface area contributed by atoms with Gasteiger partial charge in [0.15, 0.2) is 0 Å². The maximum Gasteiger partial charge on any atom is 0.243 e. The van der Waals surface area contributed by atoms with Gasteiger partial charge in [-0.3, -0.25) is 4.90 Å². The molecule has 3 aromatic rings. The molecule has 7 heteroatoms. The van der Waals surface area contributed by atoms with Gasteiger partial charge in [0.05, 0.1) is 22.6 Å². The van der Waals surface area contributed by atoms with Crippen LogP contribution in [0.1, 0.15) is 22.7 Å². The lowest BCUT2D eigenvalue weighted by atomic mass is 9.96. The first-order valence-corrected chi connectivity index (χ1v) is 11.9. The molecular weight excluding hydrogens is 430 g/mol. The SMILES string of the molecule is N#Cc1ccc(S(=O)(=O)N2CCN(C(c3ccccc3)c3ccc(Cl)cc3)CC2)cc1. The molecule has 0 amide bonds. The third kappa shape index (κ3) is 4.65. The number of halogens is 1. The Bertz CT molecular complexity index is 1170. The van der Waals surface area contributed by atoms with Crippen molar-refractivity contribution in [1.82, 2.24) is 9.21 Å². The molecule has 1 unspecified atom stereocenters. The summed E-state index contributed by atoms with van der Waals surface area (Å²) >= 11 is 6.09. The van der Waals surface area contributed by atoms with E-state index in [4.69, 9.17) is 16.9 Å². The van der Waals surface area contributed by atoms with Gasteiger partial charge >= 0.3 is 0 Å². The van der Waals surface area contributed by atoms with Crippen LogP contribution in [0.5, 0.6) is 0 Å². The van der Waals surface area contributed by atoms with Gasteiger partial charge in [-0.25, -0.2) is 8.42 Å². The molecular formula is C24H22ClN3O2S. The molecule has 4 rings (SSSR count). The molecule has 0 saturated carbocycles. The van der Waals surface area contributed by atoms with E-state index < -0.39 is 10.0 Å². The summed E-state index contributed by atoms with van der Waals surface area (Å²) in [6.07, 6.45) is 0. The second-order valence-electron chi connectivity index (χ2n) is 7.44. The number of nitrogens with zero attached hydrogens (tertiary/aromatic N) is 3. The average molecular weight is 452 g/mol. The van der Waals surface area contributed by atoms with Crippen molar-refractivity contribution in [1.29, 1.82) is 5.26 Å². The van der Waals surface area contributed by atoms with Crippen LogP contribution in [-0.2, 0) is 10.0 Å². The Morgan fingerprint density at radius 1 is 0.806 bits per heavy atom. The highest BCUT2D eigenvalue weighted by Crippen LogP contribution is 2.31. The van der Waals surface area contributed by atoms with E-state index in [1.54, 1.807) is 0 Å². The molecule has 5 nitrogen and oxygen atoms in total. The van der Waals surface area contributed by atoms with Gasteiger partial charge in [-0.15, -0.1) is 0 Å². The van der Waals surface area contributed by atoms with Crippen molar-refractivity contribution >= 4 is 21.6 Å². The molecule has 158 valence electrons. The van der Waals surface area contributed by atoms with Gasteiger partial charge in [0.25, 0.3) is 0 Å². The zero-order valence-electron chi connectivity index (χ0n) is 16.9. The fourth-order valence-electron chi connectivity index (χ4n) is 3.95. The maximum absolute atomic E-state index is 13.1. The van der Waals surface area contributed by atoms with Crippen LogP contribution in [-0.4, -0.2) is 43.8 Å². The van der Waals surface area contributed by atoms with Gasteiger partial charge in [0, 0.05) is 31.2 Å². The molecule has 1 saturated heterocycles. The molecule has 1 heterocycles. The van der Waals surface area contributed by atoms with Crippen molar-refractivity contribution in [2.45, 2.75) is 10.9 Å². The number of nitriles is 1. The summed E-state index contributed by atoms with van der Waals surface area (Å²) in [5.41, 5.74) is 2.73. The van der Waals surface area contributed by atoms with Crippen LogP contribution in [0.25, 0.3) is 0 Å². The molecule has 0 radical (unpaired) electrons. The second-order valence-corrected chi connectivity index (χ2v) is 9.82. The minimum absolute atomic E-state index is 0.0261. The molecule has 1 atom stereocenters. The molecule has 0 bridgehead atoms. The second kappa shape index (κ2) is 9.21. The van der Waals surface area contributed by atoms with E-state index in [1.807, 2.05) is 48.5 Å². The van der Waals surface area contributed by atoms with Crippen LogP contribution >= 0.6 is 11.6 Å². The fourth-order valence-corrected chi connectivity index (χ4v) is 5.50. The monoisotopic (exact) mass is 451 g/mol. The first-order valence-electron chi connectivity index (χ1n) is 10.0. The highest BCUT2D eigenvalue weighted by atomic mass is 35.5. The van der Waals surface area contributed by atoms with Crippen LogP contribution in [0.3, 0.4) is 0 Å². The van der Waals surface area contributed by atoms with E-state index in [0.717, 1.165) is 11.1 Å². The molecule has 1 aliphatic heterocycles. The Balaban J connectivity index is 1.55. The first-order chi connectivity index (χ1) is 15.0. The van der Waals surface area contributed by atoms with E-state index in [1.165, 1.54) is 28.6 Å². The van der Waals surface area contributed by atoms with Crippen molar-refractivity contribution in [3.8, 4) is 6.07 Å². The van der Waals surface area contributed by atoms with Crippen LogP contribution in [0.2, 0.25) is 5.02 Å². The molecule has 1 fully saturated rings. The molecule has 1 aliphatic rings. The van der Waals surface area contributed by atoms with Crippen molar-refractivity contribution < 1.29 is 8.42 Å². The summed E-state index contributed by atoms with van der Waals surface area (Å²) in [5.74, 6) is 0. The normalized spacial score (nSPS) is 16.5. The first kappa shape index (κ1) is 21.5. The summed E-state index contributed by atoms with van der Waals surface area (Å²) in [4.78, 5) is 2.53. The van der Waals surface area contributed by atoms with Crippen LogP contribution < -0.4 is 0 Å². The van der Waals surface area contributed by atoms with Gasteiger partial charge in [-0.1, -0.05) is 54.1 Å². The Hall–Kier alpha value is -2.69. The van der Waals surface area contributed by atoms with E-state index in [0.29, 0.717) is 36.8 Å². The van der Waals surface area contributed by atoms with E-state index in [2.05, 4.69) is 17.0 Å². The van der Waals surface area contributed by atoms with Crippen molar-refractivity contribution in [3.63, 3.8) is 0 Å². The third-order valence-corrected chi connectivity index (χ3v) is 7.73. The molecule has 0 aliphatic carbocycles. The minimum Gasteiger partial charge on any atom is -0.290 e. The fraction of sp³-hybridized carbons (Fsp3) is 0.208. The molecule has 0 N–H and O–H groups in total. The van der Waals surface area contributed by atoms with Crippen LogP contribution in [0.4, 0.5) is 0 Å². The quantitative estimate of drug-likeness (QED) is 0.580. The van der Waals surface area contributed by atoms with Gasteiger partial charge < -0.3 is 0 Å². The molecule has 3 aromatic carbocycles. The minimum atomic E-state index is -3.59. The number of sulfonamides is 1. The van der Waals surface area contributed by atoms with E-state index in [9.17, 15) is 8.42 Å². The Kier molecular flexibility index (Phi) is 6.40. The van der Waals surface area contributed by atoms with Gasteiger partial charge in [0.1, 0.15) is 0 Å². The topological polar surface area (TPSA) is 64.4 Å². The lowest BCUT2D eigenvalue weighted by molar-refractivity contribution is 0.156. The number of rotatable bonds is 5. The summed E-state index contributed by atoms with van der Waals surface area (Å²) < 4.78 is 27.6. The lowest BCUT2D eigenvalue weighted by Crippen LogP contribution is -2.49. The summed E-state index contributed by atoms with van der Waals surface area (Å²) in [7, 11) is -3.59. The smallest absolute Gasteiger partial charge is 0.243 e. The predicted octanol–water partition coefficient (Wildman–Crippen LogP) is 4.31. The zero-order chi connectivity index (χ0) is 21.8. The van der Waals surface area contributed by atoms with E-state index >= 15 is 0 Å². The molecule has 31 heavy (non-hydrogen) atoms. The van der Waals surface area contributed by atoms with Gasteiger partial charge in [-0.05, 0) is 47.5 Å². The van der Waals surface area contributed by atoms with Gasteiger partial charge in [-0.2, -0.15) is 9.57 Å². The van der Waals surface area contributed by atoms with Crippen molar-refractivity contribution in [2.24, 2.45) is 0 Å². The third-order valence-electron chi connectivity index (χ3n) is 5.56. The highest BCUT2D eigenvalue weighted by molar-refractivity contribution is 7.89. The average Bonchev–Trinajstić information content (AvgIpc) is 2.81. The van der Waals surface area contributed by atoms with E-state index in [-0.39, 0.29) is 10.9 Å². The number of piperazine rings is 1. The standard InChI is InChI=1S/C24H22ClN3O2S/c25-22-10-8-21(9-11-22)24(20-4-2-1-3-5-20)27-14-16-28(17-15-27)31(29,30)23-12-6-19(18-26)7-13-23/h1-13,24H,14-17H2. The summed E-state index contributed by atoms with van der Waals surface area (Å²) in [6, 6.07) is 26.2. The molecule has 0 spiro atoms. The van der Waals surface area contributed by atoms with Crippen molar-refractivity contribution in [3.05, 3.63) is 101 Å². The number of hydrogen-bond acceptors (Lipinski definition) is 4. The molecule has 0 aromatic heterocycles. The summed E-state index contributed by atoms with van der Waals surface area (Å²) in [5, 5.41) is 9.63.